The van der Waals surface area contributed by atoms with E-state index in [0.717, 1.165) is 12.8 Å². The van der Waals surface area contributed by atoms with Crippen LogP contribution in [0.15, 0.2) is 28.3 Å². The molecule has 1 fully saturated rings. The Morgan fingerprint density at radius 1 is 1.35 bits per heavy atom. The van der Waals surface area contributed by atoms with Crippen LogP contribution in [-0.2, 0) is 14.8 Å². The number of hydrogen-bond donors (Lipinski definition) is 1. The van der Waals surface area contributed by atoms with Gasteiger partial charge in [-0.25, -0.2) is 13.4 Å². The van der Waals surface area contributed by atoms with Crippen molar-refractivity contribution in [3.05, 3.63) is 18.3 Å². The first-order chi connectivity index (χ1) is 9.50. The van der Waals surface area contributed by atoms with E-state index in [0.29, 0.717) is 23.9 Å². The number of nitrogens with zero attached hydrogens (tertiary/aromatic N) is 2. The van der Waals surface area contributed by atoms with Crippen molar-refractivity contribution in [2.45, 2.75) is 29.2 Å². The molecule has 0 radical (unpaired) electrons. The second-order valence-corrected chi connectivity index (χ2v) is 7.56. The fraction of sp³-hybridized carbons (Fsp3) is 0.500. The molecule has 20 heavy (non-hydrogen) atoms. The number of carbonyl (C=O) groups excluding carboxylic acids is 1. The molecule has 0 saturated carbocycles. The van der Waals surface area contributed by atoms with E-state index in [-0.39, 0.29) is 17.2 Å². The summed E-state index contributed by atoms with van der Waals surface area (Å²) >= 11 is 1.38. The molecule has 1 aliphatic rings. The molecular weight excluding hydrogens is 298 g/mol. The van der Waals surface area contributed by atoms with Crippen LogP contribution < -0.4 is 5.73 Å². The Bertz CT molecular complexity index is 566. The monoisotopic (exact) mass is 315 g/mol. The van der Waals surface area contributed by atoms with Gasteiger partial charge in [0.05, 0.1) is 5.03 Å². The summed E-state index contributed by atoms with van der Waals surface area (Å²) in [5.41, 5.74) is 5.05. The van der Waals surface area contributed by atoms with Crippen LogP contribution in [0.4, 0.5) is 0 Å². The topological polar surface area (TPSA) is 93.4 Å². The van der Waals surface area contributed by atoms with Gasteiger partial charge in [0, 0.05) is 31.5 Å². The van der Waals surface area contributed by atoms with Crippen molar-refractivity contribution >= 4 is 27.7 Å². The molecule has 1 aliphatic heterocycles. The highest BCUT2D eigenvalue weighted by molar-refractivity contribution is 7.99. The van der Waals surface area contributed by atoms with Gasteiger partial charge in [-0.2, -0.15) is 4.31 Å². The molecule has 2 heterocycles. The van der Waals surface area contributed by atoms with Gasteiger partial charge in [0.1, 0.15) is 4.90 Å². The number of pyridine rings is 1. The number of sulfonamides is 1. The lowest BCUT2D eigenvalue weighted by Crippen LogP contribution is -2.27. The number of nitrogens with two attached hydrogens (primary N) is 1. The summed E-state index contributed by atoms with van der Waals surface area (Å²) in [6, 6.07) is 3.22. The second kappa shape index (κ2) is 6.55. The summed E-state index contributed by atoms with van der Waals surface area (Å²) in [6.07, 6.45) is 3.47. The van der Waals surface area contributed by atoms with E-state index in [2.05, 4.69) is 4.98 Å². The lowest BCUT2D eigenvalue weighted by atomic mass is 10.4. The van der Waals surface area contributed by atoms with Gasteiger partial charge < -0.3 is 5.73 Å². The van der Waals surface area contributed by atoms with Crippen LogP contribution in [0.3, 0.4) is 0 Å². The lowest BCUT2D eigenvalue weighted by molar-refractivity contribution is -0.117. The maximum absolute atomic E-state index is 12.3. The third-order valence-electron chi connectivity index (χ3n) is 3.01. The molecule has 1 aromatic heterocycles. The van der Waals surface area contributed by atoms with Gasteiger partial charge in [0.2, 0.25) is 15.9 Å². The van der Waals surface area contributed by atoms with Crippen LogP contribution >= 0.6 is 11.8 Å². The molecule has 0 atom stereocenters. The lowest BCUT2D eigenvalue weighted by Gasteiger charge is -2.15. The van der Waals surface area contributed by atoms with E-state index in [1.54, 1.807) is 12.1 Å². The fourth-order valence-electron chi connectivity index (χ4n) is 1.94. The molecule has 0 bridgehead atoms. The van der Waals surface area contributed by atoms with Crippen molar-refractivity contribution < 1.29 is 13.2 Å². The molecule has 8 heteroatoms. The Labute approximate surface area is 122 Å². The van der Waals surface area contributed by atoms with E-state index in [4.69, 9.17) is 5.73 Å². The zero-order valence-electron chi connectivity index (χ0n) is 11.0. The highest BCUT2D eigenvalue weighted by Gasteiger charge is 2.27. The Balaban J connectivity index is 2.02. The first-order valence-electron chi connectivity index (χ1n) is 6.37. The fourth-order valence-corrected chi connectivity index (χ4v) is 4.21. The standard InChI is InChI=1S/C12H17N3O3S2/c13-11(16)5-8-19-12-4-3-10(9-14-12)20(17,18)15-6-1-2-7-15/h3-4,9H,1-2,5-8H2,(H2,13,16). The maximum atomic E-state index is 12.3. The smallest absolute Gasteiger partial charge is 0.244 e. The first kappa shape index (κ1) is 15.3. The van der Waals surface area contributed by atoms with Gasteiger partial charge in [-0.15, -0.1) is 11.8 Å². The summed E-state index contributed by atoms with van der Waals surface area (Å²) in [4.78, 5) is 15.0. The van der Waals surface area contributed by atoms with Crippen molar-refractivity contribution in [2.75, 3.05) is 18.8 Å². The zero-order chi connectivity index (χ0) is 14.6. The van der Waals surface area contributed by atoms with E-state index < -0.39 is 10.0 Å². The van der Waals surface area contributed by atoms with Crippen molar-refractivity contribution in [1.29, 1.82) is 0 Å². The predicted molar refractivity (Wildman–Crippen MR) is 76.8 cm³/mol. The summed E-state index contributed by atoms with van der Waals surface area (Å²) in [5.74, 6) is 0.186. The Hall–Kier alpha value is -1.12. The number of rotatable bonds is 6. The largest absolute Gasteiger partial charge is 0.370 e. The Morgan fingerprint density at radius 3 is 2.60 bits per heavy atom. The van der Waals surface area contributed by atoms with Crippen molar-refractivity contribution in [2.24, 2.45) is 5.73 Å². The predicted octanol–water partition coefficient (Wildman–Crippen LogP) is 0.834. The maximum Gasteiger partial charge on any atom is 0.244 e. The zero-order valence-corrected chi connectivity index (χ0v) is 12.6. The van der Waals surface area contributed by atoms with Crippen LogP contribution in [-0.4, -0.2) is 42.5 Å². The number of aromatic nitrogens is 1. The number of thioether (sulfide) groups is 1. The molecular formula is C12H17N3O3S2. The highest BCUT2D eigenvalue weighted by atomic mass is 32.2. The minimum Gasteiger partial charge on any atom is -0.370 e. The normalized spacial score (nSPS) is 16.4. The molecule has 110 valence electrons. The van der Waals surface area contributed by atoms with Gasteiger partial charge in [-0.05, 0) is 25.0 Å². The van der Waals surface area contributed by atoms with Gasteiger partial charge in [-0.3, -0.25) is 4.79 Å². The Kier molecular flexibility index (Phi) is 5.00. The van der Waals surface area contributed by atoms with Gasteiger partial charge in [-0.1, -0.05) is 0 Å². The van der Waals surface area contributed by atoms with Crippen LogP contribution in [0.1, 0.15) is 19.3 Å². The second-order valence-electron chi connectivity index (χ2n) is 4.51. The average Bonchev–Trinajstić information content (AvgIpc) is 2.93. The van der Waals surface area contributed by atoms with E-state index in [1.807, 2.05) is 0 Å². The number of hydrogen-bond acceptors (Lipinski definition) is 5. The van der Waals surface area contributed by atoms with Crippen molar-refractivity contribution in [3.63, 3.8) is 0 Å². The highest BCUT2D eigenvalue weighted by Crippen LogP contribution is 2.22. The molecule has 1 aromatic rings. The SMILES string of the molecule is NC(=O)CCSc1ccc(S(=O)(=O)N2CCCC2)cn1. The van der Waals surface area contributed by atoms with Crippen LogP contribution in [0, 0.1) is 0 Å². The van der Waals surface area contributed by atoms with Crippen LogP contribution in [0.2, 0.25) is 0 Å². The van der Waals surface area contributed by atoms with E-state index >= 15 is 0 Å². The van der Waals surface area contributed by atoms with Crippen LogP contribution in [0.5, 0.6) is 0 Å². The molecule has 2 N–H and O–H groups in total. The Morgan fingerprint density at radius 2 is 2.05 bits per heavy atom. The minimum atomic E-state index is -3.40. The number of carbonyl (C=O) groups is 1. The summed E-state index contributed by atoms with van der Waals surface area (Å²) in [5, 5.41) is 0.687. The molecule has 6 nitrogen and oxygen atoms in total. The summed E-state index contributed by atoms with van der Waals surface area (Å²) < 4.78 is 26.0. The average molecular weight is 315 g/mol. The molecule has 0 unspecified atom stereocenters. The van der Waals surface area contributed by atoms with Crippen molar-refractivity contribution in [1.82, 2.24) is 9.29 Å². The molecule has 1 saturated heterocycles. The van der Waals surface area contributed by atoms with E-state index in [9.17, 15) is 13.2 Å². The minimum absolute atomic E-state index is 0.221. The van der Waals surface area contributed by atoms with Crippen molar-refractivity contribution in [3.8, 4) is 0 Å². The third-order valence-corrected chi connectivity index (χ3v) is 5.84. The molecule has 0 spiro atoms. The molecule has 1 amide bonds. The van der Waals surface area contributed by atoms with Crippen LogP contribution in [0.25, 0.3) is 0 Å². The van der Waals surface area contributed by atoms with Gasteiger partial charge >= 0.3 is 0 Å². The van der Waals surface area contributed by atoms with E-state index in [1.165, 1.54) is 22.3 Å². The molecule has 0 aromatic carbocycles. The van der Waals surface area contributed by atoms with Gasteiger partial charge in [0.15, 0.2) is 0 Å². The quantitative estimate of drug-likeness (QED) is 0.785. The summed E-state index contributed by atoms with van der Waals surface area (Å²) in [7, 11) is -3.40. The molecule has 0 aliphatic carbocycles. The molecule has 2 rings (SSSR count). The third kappa shape index (κ3) is 3.71. The summed E-state index contributed by atoms with van der Waals surface area (Å²) in [6.45, 7) is 1.16. The number of amides is 1. The number of primary amides is 1. The first-order valence-corrected chi connectivity index (χ1v) is 8.80. The van der Waals surface area contributed by atoms with Gasteiger partial charge in [0.25, 0.3) is 0 Å².